The van der Waals surface area contributed by atoms with Gasteiger partial charge in [0.2, 0.25) is 6.41 Å². The number of amides is 1. The molecule has 0 aliphatic carbocycles. The lowest BCUT2D eigenvalue weighted by molar-refractivity contribution is -0.105. The summed E-state index contributed by atoms with van der Waals surface area (Å²) in [7, 11) is 0. The van der Waals surface area contributed by atoms with Gasteiger partial charge in [-0.05, 0) is 30.7 Å². The highest BCUT2D eigenvalue weighted by atomic mass is 16.5. The predicted molar refractivity (Wildman–Crippen MR) is 72.3 cm³/mol. The molecular weight excluding hydrogens is 242 g/mol. The predicted octanol–water partition coefficient (Wildman–Crippen LogP) is 2.78. The second-order valence-electron chi connectivity index (χ2n) is 3.96. The van der Waals surface area contributed by atoms with Crippen molar-refractivity contribution in [1.29, 1.82) is 0 Å². The number of nitrogens with one attached hydrogen (secondary N) is 1. The largest absolute Gasteiger partial charge is 0.423 e. The molecule has 19 heavy (non-hydrogen) atoms. The molecule has 96 valence electrons. The van der Waals surface area contributed by atoms with Crippen LogP contribution < -0.4 is 10.1 Å². The number of carbonyl (C=O) groups excluding carboxylic acids is 2. The van der Waals surface area contributed by atoms with Crippen molar-refractivity contribution in [3.8, 4) is 5.75 Å². The van der Waals surface area contributed by atoms with Gasteiger partial charge in [0.1, 0.15) is 5.75 Å². The van der Waals surface area contributed by atoms with E-state index >= 15 is 0 Å². The number of carbonyl (C=O) groups is 2. The topological polar surface area (TPSA) is 55.4 Å². The van der Waals surface area contributed by atoms with Crippen molar-refractivity contribution in [2.24, 2.45) is 0 Å². The van der Waals surface area contributed by atoms with Gasteiger partial charge in [0.15, 0.2) is 0 Å². The highest BCUT2D eigenvalue weighted by molar-refractivity contribution is 5.98. The molecule has 0 bridgehead atoms. The molecule has 1 N–H and O–H groups in total. The lowest BCUT2D eigenvalue weighted by atomic mass is 10.1. The number of ether oxygens (including phenoxy) is 1. The Hall–Kier alpha value is -2.62. The monoisotopic (exact) mass is 255 g/mol. The lowest BCUT2D eigenvalue weighted by Gasteiger charge is -2.09. The number of benzene rings is 2. The summed E-state index contributed by atoms with van der Waals surface area (Å²) in [6.07, 6.45) is 0.528. The highest BCUT2D eigenvalue weighted by Gasteiger charge is 2.13. The van der Waals surface area contributed by atoms with Gasteiger partial charge in [-0.3, -0.25) is 4.79 Å². The van der Waals surface area contributed by atoms with Gasteiger partial charge < -0.3 is 10.1 Å². The molecule has 0 saturated heterocycles. The third kappa shape index (κ3) is 2.98. The zero-order valence-electron chi connectivity index (χ0n) is 10.4. The molecule has 0 saturated carbocycles. The van der Waals surface area contributed by atoms with E-state index in [0.29, 0.717) is 23.4 Å². The van der Waals surface area contributed by atoms with E-state index in [1.807, 2.05) is 19.1 Å². The molecule has 0 aliphatic heterocycles. The van der Waals surface area contributed by atoms with E-state index in [1.165, 1.54) is 0 Å². The number of hydrogen-bond donors (Lipinski definition) is 1. The molecule has 0 fully saturated rings. The van der Waals surface area contributed by atoms with Crippen molar-refractivity contribution >= 4 is 18.1 Å². The van der Waals surface area contributed by atoms with Crippen LogP contribution in [0.2, 0.25) is 0 Å². The van der Waals surface area contributed by atoms with E-state index in [0.717, 1.165) is 5.56 Å². The van der Waals surface area contributed by atoms with Crippen molar-refractivity contribution in [3.05, 3.63) is 59.7 Å². The van der Waals surface area contributed by atoms with E-state index in [4.69, 9.17) is 4.74 Å². The maximum Gasteiger partial charge on any atom is 0.345 e. The molecule has 0 spiro atoms. The summed E-state index contributed by atoms with van der Waals surface area (Å²) < 4.78 is 5.32. The van der Waals surface area contributed by atoms with Crippen LogP contribution in [-0.4, -0.2) is 12.4 Å². The van der Waals surface area contributed by atoms with E-state index in [1.54, 1.807) is 36.4 Å². The molecule has 0 atom stereocenters. The molecule has 4 heteroatoms. The van der Waals surface area contributed by atoms with Gasteiger partial charge in [0.25, 0.3) is 0 Å². The molecule has 2 aromatic carbocycles. The summed E-state index contributed by atoms with van der Waals surface area (Å²) in [6, 6.07) is 13.9. The quantitative estimate of drug-likeness (QED) is 0.519. The number of rotatable bonds is 4. The second-order valence-corrected chi connectivity index (χ2v) is 3.96. The summed E-state index contributed by atoms with van der Waals surface area (Å²) in [4.78, 5) is 22.6. The molecule has 4 nitrogen and oxygen atoms in total. The smallest absolute Gasteiger partial charge is 0.345 e. The minimum absolute atomic E-state index is 0.317. The van der Waals surface area contributed by atoms with Gasteiger partial charge in [-0.1, -0.05) is 30.3 Å². The Morgan fingerprint density at radius 1 is 1.11 bits per heavy atom. The molecular formula is C15H13NO3. The van der Waals surface area contributed by atoms with Crippen molar-refractivity contribution in [3.63, 3.8) is 0 Å². The summed E-state index contributed by atoms with van der Waals surface area (Å²) in [6.45, 7) is 1.86. The Morgan fingerprint density at radius 3 is 2.53 bits per heavy atom. The summed E-state index contributed by atoms with van der Waals surface area (Å²) in [5.41, 5.74) is 1.62. The molecule has 0 aliphatic rings. The first-order valence-corrected chi connectivity index (χ1v) is 5.79. The second kappa shape index (κ2) is 5.82. The van der Waals surface area contributed by atoms with Gasteiger partial charge in [0, 0.05) is 0 Å². The Labute approximate surface area is 111 Å². The van der Waals surface area contributed by atoms with Crippen LogP contribution in [0.3, 0.4) is 0 Å². The van der Waals surface area contributed by atoms with Crippen molar-refractivity contribution in [2.45, 2.75) is 6.92 Å². The normalized spacial score (nSPS) is 9.74. The summed E-state index contributed by atoms with van der Waals surface area (Å²) in [5, 5.41) is 2.48. The third-order valence-electron chi connectivity index (χ3n) is 2.66. The summed E-state index contributed by atoms with van der Waals surface area (Å²) >= 11 is 0. The van der Waals surface area contributed by atoms with Crippen molar-refractivity contribution in [1.82, 2.24) is 0 Å². The van der Waals surface area contributed by atoms with Crippen LogP contribution in [-0.2, 0) is 4.79 Å². The molecule has 2 aromatic rings. The zero-order chi connectivity index (χ0) is 13.7. The SMILES string of the molecule is Cc1ccccc1OC(=O)c1ccccc1NC=O. The Kier molecular flexibility index (Phi) is 3.93. The van der Waals surface area contributed by atoms with Gasteiger partial charge >= 0.3 is 5.97 Å². The number of aryl methyl sites for hydroxylation is 1. The number of hydrogen-bond acceptors (Lipinski definition) is 3. The zero-order valence-corrected chi connectivity index (χ0v) is 10.4. The number of esters is 1. The maximum absolute atomic E-state index is 12.1. The van der Waals surface area contributed by atoms with Gasteiger partial charge in [-0.25, -0.2) is 4.79 Å². The lowest BCUT2D eigenvalue weighted by Crippen LogP contribution is -2.12. The average Bonchev–Trinajstić information content (AvgIpc) is 2.42. The fraction of sp³-hybridized carbons (Fsp3) is 0.0667. The standard InChI is InChI=1S/C15H13NO3/c1-11-6-2-5-9-14(11)19-15(18)12-7-3-4-8-13(12)16-10-17/h2-10H,1H3,(H,16,17). The maximum atomic E-state index is 12.1. The van der Waals surface area contributed by atoms with Gasteiger partial charge in [0.05, 0.1) is 11.3 Å². The fourth-order valence-corrected chi connectivity index (χ4v) is 1.68. The van der Waals surface area contributed by atoms with Crippen LogP contribution in [0.4, 0.5) is 5.69 Å². The Morgan fingerprint density at radius 2 is 1.79 bits per heavy atom. The first kappa shape index (κ1) is 12.8. The van der Waals surface area contributed by atoms with Gasteiger partial charge in [-0.15, -0.1) is 0 Å². The first-order valence-electron chi connectivity index (χ1n) is 5.79. The Balaban J connectivity index is 2.25. The van der Waals surface area contributed by atoms with Crippen LogP contribution >= 0.6 is 0 Å². The number of anilines is 1. The van der Waals surface area contributed by atoms with E-state index in [2.05, 4.69) is 5.32 Å². The number of para-hydroxylation sites is 2. The molecule has 0 aromatic heterocycles. The van der Waals surface area contributed by atoms with E-state index in [9.17, 15) is 9.59 Å². The van der Waals surface area contributed by atoms with Crippen LogP contribution in [0.25, 0.3) is 0 Å². The van der Waals surface area contributed by atoms with Crippen LogP contribution in [0.15, 0.2) is 48.5 Å². The van der Waals surface area contributed by atoms with E-state index in [-0.39, 0.29) is 0 Å². The minimum atomic E-state index is -0.501. The molecule has 0 unspecified atom stereocenters. The molecule has 0 heterocycles. The van der Waals surface area contributed by atoms with Crippen LogP contribution in [0, 0.1) is 6.92 Å². The summed E-state index contributed by atoms with van der Waals surface area (Å²) in [5.74, 6) is 0.00709. The van der Waals surface area contributed by atoms with Gasteiger partial charge in [-0.2, -0.15) is 0 Å². The Bertz CT molecular complexity index is 608. The van der Waals surface area contributed by atoms with Crippen molar-refractivity contribution in [2.75, 3.05) is 5.32 Å². The minimum Gasteiger partial charge on any atom is -0.423 e. The van der Waals surface area contributed by atoms with E-state index < -0.39 is 5.97 Å². The average molecular weight is 255 g/mol. The first-order chi connectivity index (χ1) is 9.22. The van der Waals surface area contributed by atoms with Crippen LogP contribution in [0.5, 0.6) is 5.75 Å². The molecule has 0 radical (unpaired) electrons. The third-order valence-corrected chi connectivity index (χ3v) is 2.66. The highest BCUT2D eigenvalue weighted by Crippen LogP contribution is 2.20. The fourth-order valence-electron chi connectivity index (χ4n) is 1.68. The molecule has 1 amide bonds. The van der Waals surface area contributed by atoms with Crippen LogP contribution in [0.1, 0.15) is 15.9 Å². The molecule has 2 rings (SSSR count). The van der Waals surface area contributed by atoms with Crippen molar-refractivity contribution < 1.29 is 14.3 Å².